The van der Waals surface area contributed by atoms with Crippen molar-refractivity contribution in [2.45, 2.75) is 13.0 Å². The fourth-order valence-electron chi connectivity index (χ4n) is 2.43. The lowest BCUT2D eigenvalue weighted by Crippen LogP contribution is -2.23. The first kappa shape index (κ1) is 13.5. The van der Waals surface area contributed by atoms with Crippen molar-refractivity contribution < 1.29 is 4.74 Å². The highest BCUT2D eigenvalue weighted by Crippen LogP contribution is 2.28. The number of nitrogens with one attached hydrogen (secondary N) is 1. The zero-order valence-corrected chi connectivity index (χ0v) is 12.0. The van der Waals surface area contributed by atoms with Gasteiger partial charge in [0.05, 0.1) is 24.9 Å². The van der Waals surface area contributed by atoms with Gasteiger partial charge in [-0.15, -0.1) is 0 Å². The molecule has 3 heterocycles. The summed E-state index contributed by atoms with van der Waals surface area (Å²) in [6, 6.07) is 5.88. The summed E-state index contributed by atoms with van der Waals surface area (Å²) in [5.41, 5.74) is 2.85. The first-order valence-electron chi connectivity index (χ1n) is 6.85. The summed E-state index contributed by atoms with van der Waals surface area (Å²) in [5.74, 6) is 0.527. The number of methoxy groups -OCH3 is 1. The predicted molar refractivity (Wildman–Crippen MR) is 79.3 cm³/mol. The minimum atomic E-state index is -0.112. The van der Waals surface area contributed by atoms with Crippen LogP contribution in [-0.4, -0.2) is 33.2 Å². The Morgan fingerprint density at radius 1 is 1.29 bits per heavy atom. The average molecular weight is 283 g/mol. The monoisotopic (exact) mass is 283 g/mol. The van der Waals surface area contributed by atoms with Gasteiger partial charge in [-0.25, -0.2) is 9.50 Å². The second-order valence-electron chi connectivity index (χ2n) is 4.57. The summed E-state index contributed by atoms with van der Waals surface area (Å²) in [6.45, 7) is 2.86. The van der Waals surface area contributed by atoms with Crippen molar-refractivity contribution in [3.05, 3.63) is 54.2 Å². The molecule has 6 nitrogen and oxygen atoms in total. The van der Waals surface area contributed by atoms with Gasteiger partial charge in [-0.2, -0.15) is 5.10 Å². The number of pyridine rings is 1. The lowest BCUT2D eigenvalue weighted by atomic mass is 10.1. The number of aromatic nitrogens is 4. The van der Waals surface area contributed by atoms with Crippen molar-refractivity contribution in [1.29, 1.82) is 0 Å². The normalized spacial score (nSPS) is 12.5. The Bertz CT molecular complexity index is 740. The van der Waals surface area contributed by atoms with E-state index in [1.54, 1.807) is 19.5 Å². The van der Waals surface area contributed by atoms with E-state index in [0.29, 0.717) is 5.88 Å². The van der Waals surface area contributed by atoms with E-state index in [1.165, 1.54) is 0 Å². The fourth-order valence-corrected chi connectivity index (χ4v) is 2.43. The van der Waals surface area contributed by atoms with Crippen LogP contribution in [0.2, 0.25) is 0 Å². The van der Waals surface area contributed by atoms with Crippen LogP contribution in [0.1, 0.15) is 24.2 Å². The molecule has 1 atom stereocenters. The van der Waals surface area contributed by atoms with Crippen molar-refractivity contribution in [3.8, 4) is 5.88 Å². The fraction of sp³-hybridized carbons (Fsp3) is 0.267. The molecule has 0 aliphatic heterocycles. The quantitative estimate of drug-likeness (QED) is 0.774. The minimum absolute atomic E-state index is 0.112. The van der Waals surface area contributed by atoms with E-state index in [4.69, 9.17) is 4.74 Å². The molecule has 3 aromatic heterocycles. The molecule has 0 saturated heterocycles. The molecule has 0 fully saturated rings. The summed E-state index contributed by atoms with van der Waals surface area (Å²) in [4.78, 5) is 8.68. The van der Waals surface area contributed by atoms with Crippen molar-refractivity contribution in [2.24, 2.45) is 0 Å². The van der Waals surface area contributed by atoms with Crippen LogP contribution in [0.4, 0.5) is 0 Å². The highest BCUT2D eigenvalue weighted by molar-refractivity contribution is 5.57. The van der Waals surface area contributed by atoms with E-state index in [-0.39, 0.29) is 6.04 Å². The van der Waals surface area contributed by atoms with Crippen molar-refractivity contribution in [1.82, 2.24) is 24.9 Å². The number of ether oxygens (including phenoxy) is 1. The third-order valence-corrected chi connectivity index (χ3v) is 3.33. The molecule has 3 rings (SSSR count). The topological polar surface area (TPSA) is 64.3 Å². The molecule has 0 amide bonds. The summed E-state index contributed by atoms with van der Waals surface area (Å²) < 4.78 is 7.19. The molecule has 108 valence electrons. The SMILES string of the molecule is CCNC(c1nccnc1OC)c1cnn2ccccc12. The Hall–Kier alpha value is -2.47. The van der Waals surface area contributed by atoms with Crippen molar-refractivity contribution >= 4 is 5.52 Å². The molecule has 0 aliphatic carbocycles. The molecule has 0 saturated carbocycles. The zero-order chi connectivity index (χ0) is 14.7. The molecule has 0 aromatic carbocycles. The maximum absolute atomic E-state index is 5.34. The Labute approximate surface area is 122 Å². The molecule has 1 N–H and O–H groups in total. The number of rotatable bonds is 5. The molecule has 0 aliphatic rings. The maximum atomic E-state index is 5.34. The van der Waals surface area contributed by atoms with Gasteiger partial charge in [-0.05, 0) is 18.7 Å². The van der Waals surface area contributed by atoms with E-state index < -0.39 is 0 Å². The van der Waals surface area contributed by atoms with Gasteiger partial charge in [0.15, 0.2) is 0 Å². The Kier molecular flexibility index (Phi) is 3.79. The van der Waals surface area contributed by atoms with Gasteiger partial charge >= 0.3 is 0 Å². The highest BCUT2D eigenvalue weighted by atomic mass is 16.5. The minimum Gasteiger partial charge on any atom is -0.480 e. The van der Waals surface area contributed by atoms with E-state index in [0.717, 1.165) is 23.3 Å². The molecular formula is C15H17N5O. The third-order valence-electron chi connectivity index (χ3n) is 3.33. The van der Waals surface area contributed by atoms with Gasteiger partial charge in [0, 0.05) is 24.2 Å². The van der Waals surface area contributed by atoms with Gasteiger partial charge in [-0.1, -0.05) is 13.0 Å². The predicted octanol–water partition coefficient (Wildman–Crippen LogP) is 1.83. The van der Waals surface area contributed by atoms with Gasteiger partial charge in [0.1, 0.15) is 5.69 Å². The summed E-state index contributed by atoms with van der Waals surface area (Å²) in [7, 11) is 1.60. The Morgan fingerprint density at radius 3 is 2.95 bits per heavy atom. The lowest BCUT2D eigenvalue weighted by Gasteiger charge is -2.18. The van der Waals surface area contributed by atoms with Crippen LogP contribution in [0, 0.1) is 0 Å². The van der Waals surface area contributed by atoms with Gasteiger partial charge in [0.2, 0.25) is 5.88 Å². The third kappa shape index (κ3) is 2.45. The average Bonchev–Trinajstić information content (AvgIpc) is 2.96. The standard InChI is InChI=1S/C15H17N5O/c1-3-16-13(14-15(21-2)18-8-7-17-14)11-10-19-20-9-5-4-6-12(11)20/h4-10,13,16H,3H2,1-2H3. The van der Waals surface area contributed by atoms with Crippen LogP contribution in [0.3, 0.4) is 0 Å². The Morgan fingerprint density at radius 2 is 2.14 bits per heavy atom. The van der Waals surface area contributed by atoms with E-state index in [2.05, 4.69) is 27.3 Å². The number of hydrogen-bond donors (Lipinski definition) is 1. The van der Waals surface area contributed by atoms with Gasteiger partial charge < -0.3 is 10.1 Å². The number of fused-ring (bicyclic) bond motifs is 1. The van der Waals surface area contributed by atoms with Crippen LogP contribution in [0.15, 0.2) is 43.0 Å². The molecule has 21 heavy (non-hydrogen) atoms. The van der Waals surface area contributed by atoms with E-state index in [1.807, 2.05) is 35.1 Å². The zero-order valence-electron chi connectivity index (χ0n) is 12.0. The number of hydrogen-bond acceptors (Lipinski definition) is 5. The van der Waals surface area contributed by atoms with E-state index in [9.17, 15) is 0 Å². The Balaban J connectivity index is 2.13. The van der Waals surface area contributed by atoms with Crippen LogP contribution in [0.5, 0.6) is 5.88 Å². The van der Waals surface area contributed by atoms with Crippen LogP contribution >= 0.6 is 0 Å². The van der Waals surface area contributed by atoms with Crippen molar-refractivity contribution in [2.75, 3.05) is 13.7 Å². The van der Waals surface area contributed by atoms with Crippen LogP contribution in [0.25, 0.3) is 5.52 Å². The summed E-state index contributed by atoms with van der Waals surface area (Å²) >= 11 is 0. The first-order chi connectivity index (χ1) is 10.3. The van der Waals surface area contributed by atoms with Gasteiger partial charge in [-0.3, -0.25) is 4.98 Å². The van der Waals surface area contributed by atoms with Crippen molar-refractivity contribution in [3.63, 3.8) is 0 Å². The number of nitrogens with zero attached hydrogens (tertiary/aromatic N) is 4. The first-order valence-corrected chi connectivity index (χ1v) is 6.85. The molecule has 0 radical (unpaired) electrons. The second kappa shape index (κ2) is 5.88. The molecule has 3 aromatic rings. The molecule has 0 bridgehead atoms. The molecule has 6 heteroatoms. The largest absolute Gasteiger partial charge is 0.480 e. The molecule has 0 spiro atoms. The van der Waals surface area contributed by atoms with Crippen LogP contribution in [-0.2, 0) is 0 Å². The highest BCUT2D eigenvalue weighted by Gasteiger charge is 2.22. The summed E-state index contributed by atoms with van der Waals surface area (Å²) in [5, 5.41) is 7.82. The van der Waals surface area contributed by atoms with Gasteiger partial charge in [0.25, 0.3) is 0 Å². The maximum Gasteiger partial charge on any atom is 0.237 e. The molecular weight excluding hydrogens is 266 g/mol. The lowest BCUT2D eigenvalue weighted by molar-refractivity contribution is 0.383. The smallest absolute Gasteiger partial charge is 0.237 e. The second-order valence-corrected chi connectivity index (χ2v) is 4.57. The summed E-state index contributed by atoms with van der Waals surface area (Å²) in [6.07, 6.45) is 7.09. The molecule has 1 unspecified atom stereocenters. The van der Waals surface area contributed by atoms with E-state index >= 15 is 0 Å². The van der Waals surface area contributed by atoms with Crippen LogP contribution < -0.4 is 10.1 Å².